The molecule has 0 saturated heterocycles. The number of alkyl halides is 3. The van der Waals surface area contributed by atoms with Gasteiger partial charge in [0.2, 0.25) is 3.79 Å². The lowest BCUT2D eigenvalue weighted by Crippen LogP contribution is -2.16. The average molecular weight is 557 g/mol. The van der Waals surface area contributed by atoms with E-state index >= 15 is 0 Å². The van der Waals surface area contributed by atoms with Crippen LogP contribution in [0.25, 0.3) is 10.8 Å². The molecule has 0 aliphatic heterocycles. The maximum Gasteiger partial charge on any atom is 0.216 e. The summed E-state index contributed by atoms with van der Waals surface area (Å²) in [7, 11) is 3.29. The third-order valence-corrected chi connectivity index (χ3v) is 6.96. The maximum absolute atomic E-state index is 13.1. The zero-order valence-corrected chi connectivity index (χ0v) is 22.9. The minimum absolute atomic E-state index is 0.168. The summed E-state index contributed by atoms with van der Waals surface area (Å²) in [5.41, 5.74) is 3.52. The third kappa shape index (κ3) is 7.32. The molecule has 4 aromatic carbocycles. The molecule has 1 unspecified atom stereocenters. The van der Waals surface area contributed by atoms with Crippen LogP contribution >= 0.6 is 34.8 Å². The van der Waals surface area contributed by atoms with Crippen LogP contribution in [-0.4, -0.2) is 20.0 Å². The normalized spacial score (nSPS) is 12.2. The Hall–Kier alpha value is -2.92. The first kappa shape index (κ1) is 27.1. The number of carbonyl (C=O) groups is 1. The number of methoxy groups -OCH3 is 2. The lowest BCUT2D eigenvalue weighted by Gasteiger charge is -2.21. The SMILES string of the molecule is COc1ccc(C(CC(=O)CCc2ccc3cc(OC)ccc3c2)Nc2ccc(C(Cl)(Cl)Cl)cc2)cc1. The largest absolute Gasteiger partial charge is 0.497 e. The topological polar surface area (TPSA) is 47.6 Å². The Balaban J connectivity index is 1.46. The molecule has 0 radical (unpaired) electrons. The molecule has 4 nitrogen and oxygen atoms in total. The van der Waals surface area contributed by atoms with Crippen molar-refractivity contribution in [1.29, 1.82) is 0 Å². The first-order valence-electron chi connectivity index (χ1n) is 11.9. The van der Waals surface area contributed by atoms with Gasteiger partial charge < -0.3 is 14.8 Å². The molecule has 37 heavy (non-hydrogen) atoms. The fourth-order valence-corrected chi connectivity index (χ4v) is 4.59. The monoisotopic (exact) mass is 555 g/mol. The lowest BCUT2D eigenvalue weighted by atomic mass is 9.97. The second-order valence-corrected chi connectivity index (χ2v) is 11.1. The van der Waals surface area contributed by atoms with E-state index in [-0.39, 0.29) is 11.8 Å². The van der Waals surface area contributed by atoms with Gasteiger partial charge in [-0.05, 0) is 64.7 Å². The second kappa shape index (κ2) is 12.1. The van der Waals surface area contributed by atoms with Crippen molar-refractivity contribution in [2.24, 2.45) is 0 Å². The number of hydrogen-bond donors (Lipinski definition) is 1. The van der Waals surface area contributed by atoms with Crippen LogP contribution in [0.5, 0.6) is 11.5 Å². The van der Waals surface area contributed by atoms with Gasteiger partial charge in [-0.3, -0.25) is 4.79 Å². The molecular formula is C30H28Cl3NO3. The van der Waals surface area contributed by atoms with E-state index in [1.807, 2.05) is 54.6 Å². The Morgan fingerprint density at radius 3 is 2.08 bits per heavy atom. The molecule has 4 aromatic rings. The summed E-state index contributed by atoms with van der Waals surface area (Å²) in [4.78, 5) is 13.1. The van der Waals surface area contributed by atoms with Crippen molar-refractivity contribution < 1.29 is 14.3 Å². The number of benzene rings is 4. The molecule has 0 heterocycles. The van der Waals surface area contributed by atoms with Gasteiger partial charge >= 0.3 is 0 Å². The Morgan fingerprint density at radius 2 is 1.43 bits per heavy atom. The summed E-state index contributed by atoms with van der Waals surface area (Å²) in [5.74, 6) is 1.75. The van der Waals surface area contributed by atoms with Crippen LogP contribution in [0.1, 0.15) is 35.6 Å². The van der Waals surface area contributed by atoms with Crippen LogP contribution in [0.3, 0.4) is 0 Å². The molecule has 0 aliphatic rings. The van der Waals surface area contributed by atoms with Gasteiger partial charge in [-0.25, -0.2) is 0 Å². The highest BCUT2D eigenvalue weighted by Gasteiger charge is 2.23. The van der Waals surface area contributed by atoms with Crippen molar-refractivity contribution in [3.63, 3.8) is 0 Å². The first-order chi connectivity index (χ1) is 17.7. The Bertz CT molecular complexity index is 1350. The molecular weight excluding hydrogens is 529 g/mol. The van der Waals surface area contributed by atoms with E-state index < -0.39 is 3.79 Å². The molecule has 4 rings (SSSR count). The van der Waals surface area contributed by atoms with Gasteiger partial charge in [0.15, 0.2) is 0 Å². The van der Waals surface area contributed by atoms with Gasteiger partial charge in [-0.1, -0.05) is 83.3 Å². The number of halogens is 3. The molecule has 1 atom stereocenters. The standard InChI is InChI=1S/C30H28Cl3NO3/c1-36-27-14-6-21(7-15-27)29(34-25-11-9-24(10-12-25)30(31,32)33)19-26(35)13-4-20-3-5-23-18-28(37-2)16-8-22(23)17-20/h3,5-12,14-18,29,34H,4,13,19H2,1-2H3. The van der Waals surface area contributed by atoms with Crippen LogP contribution in [-0.2, 0) is 15.0 Å². The van der Waals surface area contributed by atoms with Gasteiger partial charge in [0.1, 0.15) is 17.3 Å². The summed E-state index contributed by atoms with van der Waals surface area (Å²) in [5, 5.41) is 5.71. The highest BCUT2D eigenvalue weighted by Crippen LogP contribution is 2.38. The summed E-state index contributed by atoms with van der Waals surface area (Å²) < 4.78 is 9.11. The summed E-state index contributed by atoms with van der Waals surface area (Å²) in [6.07, 6.45) is 1.46. The summed E-state index contributed by atoms with van der Waals surface area (Å²) in [6, 6.07) is 27.0. The molecule has 0 bridgehead atoms. The van der Waals surface area contributed by atoms with Crippen molar-refractivity contribution >= 4 is 57.0 Å². The summed E-state index contributed by atoms with van der Waals surface area (Å²) in [6.45, 7) is 0. The molecule has 0 aromatic heterocycles. The number of ketones is 1. The molecule has 7 heteroatoms. The van der Waals surface area contributed by atoms with Crippen LogP contribution in [0, 0.1) is 0 Å². The van der Waals surface area contributed by atoms with Crippen LogP contribution in [0.15, 0.2) is 84.9 Å². The number of Topliss-reactive ketones (excluding diaryl/α,β-unsaturated/α-hetero) is 1. The van der Waals surface area contributed by atoms with Gasteiger partial charge in [0.25, 0.3) is 0 Å². The smallest absolute Gasteiger partial charge is 0.216 e. The van der Waals surface area contributed by atoms with Crippen LogP contribution < -0.4 is 14.8 Å². The van der Waals surface area contributed by atoms with Gasteiger partial charge in [0, 0.05) is 24.1 Å². The van der Waals surface area contributed by atoms with Gasteiger partial charge in [-0.2, -0.15) is 0 Å². The molecule has 0 amide bonds. The van der Waals surface area contributed by atoms with E-state index in [9.17, 15) is 4.79 Å². The number of ether oxygens (including phenoxy) is 2. The predicted octanol–water partition coefficient (Wildman–Crippen LogP) is 8.43. The third-order valence-electron chi connectivity index (χ3n) is 6.31. The van der Waals surface area contributed by atoms with E-state index in [1.165, 1.54) is 0 Å². The highest BCUT2D eigenvalue weighted by atomic mass is 35.6. The number of rotatable bonds is 10. The number of fused-ring (bicyclic) bond motifs is 1. The molecule has 0 spiro atoms. The number of nitrogens with one attached hydrogen (secondary N) is 1. The van der Waals surface area contributed by atoms with Gasteiger partial charge in [-0.15, -0.1) is 0 Å². The van der Waals surface area contributed by atoms with Crippen molar-refractivity contribution in [1.82, 2.24) is 0 Å². The van der Waals surface area contributed by atoms with Gasteiger partial charge in [0.05, 0.1) is 20.3 Å². The van der Waals surface area contributed by atoms with E-state index in [1.54, 1.807) is 26.4 Å². The average Bonchev–Trinajstić information content (AvgIpc) is 2.91. The summed E-state index contributed by atoms with van der Waals surface area (Å²) >= 11 is 18.0. The number of aryl methyl sites for hydroxylation is 1. The van der Waals surface area contributed by atoms with E-state index in [0.717, 1.165) is 39.1 Å². The minimum atomic E-state index is -1.49. The molecule has 0 fully saturated rings. The van der Waals surface area contributed by atoms with Crippen LogP contribution in [0.2, 0.25) is 0 Å². The molecule has 1 N–H and O–H groups in total. The zero-order valence-electron chi connectivity index (χ0n) is 20.6. The van der Waals surface area contributed by atoms with Crippen molar-refractivity contribution in [3.05, 3.63) is 102 Å². The highest BCUT2D eigenvalue weighted by molar-refractivity contribution is 6.66. The second-order valence-electron chi connectivity index (χ2n) is 8.84. The fourth-order valence-electron chi connectivity index (χ4n) is 4.21. The first-order valence-corrected chi connectivity index (χ1v) is 13.0. The van der Waals surface area contributed by atoms with E-state index in [2.05, 4.69) is 23.5 Å². The van der Waals surface area contributed by atoms with E-state index in [0.29, 0.717) is 24.8 Å². The predicted molar refractivity (Wildman–Crippen MR) is 153 cm³/mol. The fraction of sp³-hybridized carbons (Fsp3) is 0.233. The zero-order chi connectivity index (χ0) is 26.4. The minimum Gasteiger partial charge on any atom is -0.497 e. The van der Waals surface area contributed by atoms with Crippen molar-refractivity contribution in [3.8, 4) is 11.5 Å². The molecule has 192 valence electrons. The quantitative estimate of drug-likeness (QED) is 0.199. The number of anilines is 1. The Kier molecular flexibility index (Phi) is 8.86. The number of carbonyl (C=O) groups excluding carboxylic acids is 1. The molecule has 0 aliphatic carbocycles. The van der Waals surface area contributed by atoms with Crippen molar-refractivity contribution in [2.75, 3.05) is 19.5 Å². The van der Waals surface area contributed by atoms with E-state index in [4.69, 9.17) is 44.3 Å². The van der Waals surface area contributed by atoms with Crippen molar-refractivity contribution in [2.45, 2.75) is 29.1 Å². The Morgan fingerprint density at radius 1 is 0.811 bits per heavy atom. The number of hydrogen-bond acceptors (Lipinski definition) is 4. The van der Waals surface area contributed by atoms with Crippen LogP contribution in [0.4, 0.5) is 5.69 Å². The maximum atomic E-state index is 13.1. The lowest BCUT2D eigenvalue weighted by molar-refractivity contribution is -0.119. The Labute approximate surface area is 232 Å². The molecule has 0 saturated carbocycles.